The van der Waals surface area contributed by atoms with Crippen molar-refractivity contribution in [2.24, 2.45) is 0 Å². The van der Waals surface area contributed by atoms with Crippen LogP contribution in [-0.2, 0) is 11.3 Å². The molecule has 0 fully saturated rings. The molecule has 2 heterocycles. The molecule has 0 spiro atoms. The lowest BCUT2D eigenvalue weighted by molar-refractivity contribution is -0.137. The minimum atomic E-state index is -0.751. The summed E-state index contributed by atoms with van der Waals surface area (Å²) in [5, 5.41) is 8.76. The monoisotopic (exact) mass is 444 g/mol. The van der Waals surface area contributed by atoms with Gasteiger partial charge in [-0.1, -0.05) is 36.4 Å². The first-order chi connectivity index (χ1) is 16.1. The molecule has 0 saturated carbocycles. The molecular weight excluding hydrogens is 416 g/mol. The summed E-state index contributed by atoms with van der Waals surface area (Å²) in [6.07, 6.45) is 6.08. The highest BCUT2D eigenvalue weighted by atomic mass is 16.5. The normalized spacial score (nSPS) is 10.9. The maximum Gasteiger partial charge on any atom is 0.303 e. The van der Waals surface area contributed by atoms with Gasteiger partial charge in [0.25, 0.3) is 0 Å². The Balaban J connectivity index is 1.47. The quantitative estimate of drug-likeness (QED) is 0.279. The van der Waals surface area contributed by atoms with Crippen LogP contribution in [0.4, 0.5) is 0 Å². The zero-order chi connectivity index (χ0) is 23.0. The molecular formula is C27H28N2O4. The molecule has 1 N–H and O–H groups in total. The molecule has 6 heteroatoms. The van der Waals surface area contributed by atoms with Gasteiger partial charge in [-0.15, -0.1) is 0 Å². The maximum atomic E-state index is 10.6. The van der Waals surface area contributed by atoms with Crippen LogP contribution in [0.2, 0.25) is 0 Å². The molecule has 0 saturated heterocycles. The number of carboxylic acid groups (broad SMARTS) is 1. The number of hydrogen-bond acceptors (Lipinski definition) is 4. The van der Waals surface area contributed by atoms with E-state index < -0.39 is 5.97 Å². The molecule has 0 amide bonds. The Bertz CT molecular complexity index is 1180. The Hall–Kier alpha value is -3.80. The second kappa shape index (κ2) is 10.7. The summed E-state index contributed by atoms with van der Waals surface area (Å²) >= 11 is 0. The van der Waals surface area contributed by atoms with Crippen molar-refractivity contribution < 1.29 is 19.1 Å². The van der Waals surface area contributed by atoms with E-state index in [2.05, 4.69) is 40.7 Å². The third-order valence-corrected chi connectivity index (χ3v) is 5.58. The number of benzene rings is 2. The molecule has 170 valence electrons. The number of unbranched alkanes of at least 4 members (excludes halogenated alkanes) is 2. The number of rotatable bonds is 11. The zero-order valence-corrected chi connectivity index (χ0v) is 18.7. The smallest absolute Gasteiger partial charge is 0.303 e. The van der Waals surface area contributed by atoms with Crippen molar-refractivity contribution in [1.29, 1.82) is 0 Å². The predicted molar refractivity (Wildman–Crippen MR) is 127 cm³/mol. The van der Waals surface area contributed by atoms with Gasteiger partial charge in [-0.2, -0.15) is 0 Å². The predicted octanol–water partition coefficient (Wildman–Crippen LogP) is 6.19. The number of imidazole rings is 1. The molecule has 0 aliphatic carbocycles. The minimum Gasteiger partial charge on any atom is -0.493 e. The molecule has 2 aromatic heterocycles. The Morgan fingerprint density at radius 1 is 1.03 bits per heavy atom. The van der Waals surface area contributed by atoms with Gasteiger partial charge in [0, 0.05) is 30.4 Å². The van der Waals surface area contributed by atoms with Crippen molar-refractivity contribution in [3.05, 3.63) is 84.4 Å². The second-order valence-electron chi connectivity index (χ2n) is 8.03. The van der Waals surface area contributed by atoms with Crippen molar-refractivity contribution in [3.63, 3.8) is 0 Å². The molecule has 4 aromatic rings. The molecule has 0 unspecified atom stereocenters. The minimum absolute atomic E-state index is 0.204. The maximum absolute atomic E-state index is 10.6. The first kappa shape index (κ1) is 22.4. The van der Waals surface area contributed by atoms with Crippen molar-refractivity contribution in [2.75, 3.05) is 6.61 Å². The third-order valence-electron chi connectivity index (χ3n) is 5.58. The molecule has 0 atom stereocenters. The van der Waals surface area contributed by atoms with Gasteiger partial charge in [0.2, 0.25) is 0 Å². The van der Waals surface area contributed by atoms with Gasteiger partial charge in [-0.25, -0.2) is 4.98 Å². The number of carbonyl (C=O) groups is 1. The standard InChI is InChI=1S/C27H28N2O4/c1-20-18-28-27(23-8-4-5-9-25(23)33-16-6-2-3-11-26(30)31)29(20)19-21-12-14-22(15-13-21)24-10-7-17-32-24/h4-5,7-10,12-15,17-18H,2-3,6,11,16,19H2,1H3,(H,30,31). The number of carboxylic acids is 1. The Morgan fingerprint density at radius 2 is 1.85 bits per heavy atom. The van der Waals surface area contributed by atoms with E-state index in [9.17, 15) is 4.79 Å². The highest BCUT2D eigenvalue weighted by Crippen LogP contribution is 2.30. The first-order valence-corrected chi connectivity index (χ1v) is 11.2. The molecule has 4 rings (SSSR count). The van der Waals surface area contributed by atoms with Gasteiger partial charge in [0.05, 0.1) is 18.4 Å². The van der Waals surface area contributed by atoms with Gasteiger partial charge in [-0.05, 0) is 56.0 Å². The number of hydrogen-bond donors (Lipinski definition) is 1. The van der Waals surface area contributed by atoms with Crippen LogP contribution < -0.4 is 4.74 Å². The molecule has 2 aromatic carbocycles. The highest BCUT2D eigenvalue weighted by Gasteiger charge is 2.14. The molecule has 0 aliphatic heterocycles. The summed E-state index contributed by atoms with van der Waals surface area (Å²) < 4.78 is 13.7. The van der Waals surface area contributed by atoms with E-state index in [0.717, 1.165) is 47.0 Å². The van der Waals surface area contributed by atoms with Gasteiger partial charge in [0.15, 0.2) is 0 Å². The van der Waals surface area contributed by atoms with Gasteiger partial charge in [-0.3, -0.25) is 4.79 Å². The molecule has 6 nitrogen and oxygen atoms in total. The van der Waals surface area contributed by atoms with Gasteiger partial charge in [0.1, 0.15) is 17.3 Å². The number of ether oxygens (including phenoxy) is 1. The van der Waals surface area contributed by atoms with E-state index in [0.29, 0.717) is 19.6 Å². The summed E-state index contributed by atoms with van der Waals surface area (Å²) in [5.41, 5.74) is 4.24. The fourth-order valence-electron chi connectivity index (χ4n) is 3.79. The number of para-hydroxylation sites is 1. The molecule has 0 aliphatic rings. The van der Waals surface area contributed by atoms with Crippen molar-refractivity contribution >= 4 is 5.97 Å². The van der Waals surface area contributed by atoms with Crippen LogP contribution >= 0.6 is 0 Å². The lowest BCUT2D eigenvalue weighted by Crippen LogP contribution is -2.06. The average Bonchev–Trinajstić information content (AvgIpc) is 3.48. The SMILES string of the molecule is Cc1cnc(-c2ccccc2OCCCCCC(=O)O)n1Cc1ccc(-c2ccco2)cc1. The largest absolute Gasteiger partial charge is 0.493 e. The van der Waals surface area contributed by atoms with Crippen molar-refractivity contribution in [2.45, 2.75) is 39.2 Å². The van der Waals surface area contributed by atoms with Crippen LogP contribution in [0.15, 0.2) is 77.5 Å². The summed E-state index contributed by atoms with van der Waals surface area (Å²) in [6, 6.07) is 20.1. The summed E-state index contributed by atoms with van der Waals surface area (Å²) in [4.78, 5) is 15.3. The van der Waals surface area contributed by atoms with Gasteiger partial charge >= 0.3 is 5.97 Å². The van der Waals surface area contributed by atoms with Crippen LogP contribution in [0.3, 0.4) is 0 Å². The summed E-state index contributed by atoms with van der Waals surface area (Å²) in [5.74, 6) is 1.76. The van der Waals surface area contributed by atoms with Crippen LogP contribution in [0.5, 0.6) is 5.75 Å². The highest BCUT2D eigenvalue weighted by molar-refractivity contribution is 5.66. The zero-order valence-electron chi connectivity index (χ0n) is 18.7. The fraction of sp³-hybridized carbons (Fsp3) is 0.259. The van der Waals surface area contributed by atoms with E-state index in [-0.39, 0.29) is 6.42 Å². The van der Waals surface area contributed by atoms with E-state index in [4.69, 9.17) is 14.3 Å². The van der Waals surface area contributed by atoms with Crippen molar-refractivity contribution in [1.82, 2.24) is 9.55 Å². The first-order valence-electron chi connectivity index (χ1n) is 11.2. The number of nitrogens with zero attached hydrogens (tertiary/aromatic N) is 2. The lowest BCUT2D eigenvalue weighted by atomic mass is 10.1. The number of aryl methyl sites for hydroxylation is 1. The van der Waals surface area contributed by atoms with Crippen molar-refractivity contribution in [3.8, 4) is 28.5 Å². The van der Waals surface area contributed by atoms with E-state index in [1.807, 2.05) is 42.6 Å². The van der Waals surface area contributed by atoms with E-state index >= 15 is 0 Å². The molecule has 33 heavy (non-hydrogen) atoms. The number of aromatic nitrogens is 2. The number of aliphatic carboxylic acids is 1. The summed E-state index contributed by atoms with van der Waals surface area (Å²) in [7, 11) is 0. The van der Waals surface area contributed by atoms with E-state index in [1.165, 1.54) is 5.56 Å². The van der Waals surface area contributed by atoms with Crippen LogP contribution in [0.1, 0.15) is 36.9 Å². The topological polar surface area (TPSA) is 77.5 Å². The Kier molecular flexibility index (Phi) is 7.25. The van der Waals surface area contributed by atoms with Gasteiger partial charge < -0.3 is 18.8 Å². The lowest BCUT2D eigenvalue weighted by Gasteiger charge is -2.14. The van der Waals surface area contributed by atoms with Crippen LogP contribution in [0.25, 0.3) is 22.7 Å². The average molecular weight is 445 g/mol. The summed E-state index contributed by atoms with van der Waals surface area (Å²) in [6.45, 7) is 3.30. The third kappa shape index (κ3) is 5.71. The number of furan rings is 1. The van der Waals surface area contributed by atoms with Crippen LogP contribution in [-0.4, -0.2) is 27.2 Å². The molecule has 0 bridgehead atoms. The fourth-order valence-corrected chi connectivity index (χ4v) is 3.79. The molecule has 0 radical (unpaired) electrons. The Morgan fingerprint density at radius 3 is 2.61 bits per heavy atom. The van der Waals surface area contributed by atoms with Crippen LogP contribution in [0, 0.1) is 6.92 Å². The van der Waals surface area contributed by atoms with E-state index in [1.54, 1.807) is 6.26 Å². The Labute approximate surface area is 193 Å². The second-order valence-corrected chi connectivity index (χ2v) is 8.03.